The Morgan fingerprint density at radius 3 is 0.718 bits per heavy atom. The van der Waals surface area contributed by atoms with Crippen LogP contribution in [0.3, 0.4) is 0 Å². The summed E-state index contributed by atoms with van der Waals surface area (Å²) in [5.41, 5.74) is 0. The van der Waals surface area contributed by atoms with Crippen LogP contribution < -0.4 is 0 Å². The van der Waals surface area contributed by atoms with E-state index in [0.29, 0.717) is 6.42 Å². The van der Waals surface area contributed by atoms with Gasteiger partial charge in [-0.1, -0.05) is 156 Å². The van der Waals surface area contributed by atoms with E-state index < -0.39 is 0 Å². The van der Waals surface area contributed by atoms with Gasteiger partial charge in [0.25, 0.3) is 0 Å². The Kier molecular flexibility index (Phi) is 33.9. The molecule has 236 valence electrons. The highest BCUT2D eigenvalue weighted by Gasteiger charge is 2.19. The Balaban J connectivity index is 4.63. The minimum atomic E-state index is -0.226. The summed E-state index contributed by atoms with van der Waals surface area (Å²) in [7, 11) is 0. The van der Waals surface area contributed by atoms with E-state index in [1.165, 1.54) is 128 Å². The van der Waals surface area contributed by atoms with Gasteiger partial charge in [0.05, 0.1) is 0 Å². The topological polar surface area (TPSA) is 36.9 Å². The van der Waals surface area contributed by atoms with Gasteiger partial charge in [-0.15, -0.1) is 0 Å². The Labute approximate surface area is 246 Å². The molecule has 0 radical (unpaired) electrons. The van der Waals surface area contributed by atoms with Crippen molar-refractivity contribution in [1.82, 2.24) is 0 Å². The van der Waals surface area contributed by atoms with E-state index in [2.05, 4.69) is 27.7 Å². The molecule has 0 aliphatic heterocycles. The van der Waals surface area contributed by atoms with Gasteiger partial charge in [0.1, 0.15) is 0 Å². The van der Waals surface area contributed by atoms with Gasteiger partial charge in [-0.25, -0.2) is 0 Å². The zero-order chi connectivity index (χ0) is 28.5. The SMILES string of the molecule is CCCCCCCCOC(CC(OCCCCCCCC)OCCCCCCCC)OCCCCCCCC. The van der Waals surface area contributed by atoms with Crippen molar-refractivity contribution in [2.45, 2.75) is 201 Å². The second-order valence-electron chi connectivity index (χ2n) is 11.6. The Morgan fingerprint density at radius 2 is 0.487 bits per heavy atom. The van der Waals surface area contributed by atoms with Gasteiger partial charge in [0.2, 0.25) is 0 Å². The van der Waals surface area contributed by atoms with Crippen molar-refractivity contribution >= 4 is 0 Å². The molecule has 4 nitrogen and oxygen atoms in total. The first-order valence-electron chi connectivity index (χ1n) is 17.7. The average Bonchev–Trinajstić information content (AvgIpc) is 2.94. The summed E-state index contributed by atoms with van der Waals surface area (Å²) in [6.45, 7) is 12.2. The molecule has 0 saturated heterocycles. The minimum absolute atomic E-state index is 0.226. The molecule has 0 atom stereocenters. The van der Waals surface area contributed by atoms with E-state index in [-0.39, 0.29) is 12.6 Å². The maximum absolute atomic E-state index is 6.29. The molecule has 0 N–H and O–H groups in total. The van der Waals surface area contributed by atoms with Gasteiger partial charge < -0.3 is 18.9 Å². The first-order chi connectivity index (χ1) is 19.3. The Hall–Kier alpha value is -0.160. The number of ether oxygens (including phenoxy) is 4. The van der Waals surface area contributed by atoms with E-state index in [0.717, 1.165) is 52.1 Å². The summed E-state index contributed by atoms with van der Waals surface area (Å²) in [6, 6.07) is 0. The van der Waals surface area contributed by atoms with Crippen molar-refractivity contribution in [3.8, 4) is 0 Å². The van der Waals surface area contributed by atoms with Gasteiger partial charge in [0, 0.05) is 32.8 Å². The predicted molar refractivity (Wildman–Crippen MR) is 170 cm³/mol. The maximum Gasteiger partial charge on any atom is 0.162 e. The van der Waals surface area contributed by atoms with Gasteiger partial charge in [-0.3, -0.25) is 0 Å². The van der Waals surface area contributed by atoms with Crippen LogP contribution in [-0.4, -0.2) is 39.0 Å². The van der Waals surface area contributed by atoms with E-state index in [4.69, 9.17) is 18.9 Å². The molecule has 0 aromatic rings. The zero-order valence-corrected chi connectivity index (χ0v) is 27.3. The fourth-order valence-corrected chi connectivity index (χ4v) is 4.91. The molecule has 0 bridgehead atoms. The average molecular weight is 557 g/mol. The van der Waals surface area contributed by atoms with Crippen LogP contribution in [0.5, 0.6) is 0 Å². The molecule has 0 fully saturated rings. The molecule has 0 aromatic carbocycles. The molecule has 4 heteroatoms. The molecule has 0 unspecified atom stereocenters. The largest absolute Gasteiger partial charge is 0.352 e. The van der Waals surface area contributed by atoms with Crippen LogP contribution in [0, 0.1) is 0 Å². The molecule has 0 aromatic heterocycles. The van der Waals surface area contributed by atoms with Gasteiger partial charge in [0.15, 0.2) is 12.6 Å². The summed E-state index contributed by atoms with van der Waals surface area (Å²) in [5, 5.41) is 0. The lowest BCUT2D eigenvalue weighted by Gasteiger charge is -2.25. The van der Waals surface area contributed by atoms with Crippen LogP contribution in [0.25, 0.3) is 0 Å². The first kappa shape index (κ1) is 38.8. The molecule has 0 aliphatic rings. The second kappa shape index (κ2) is 34.0. The van der Waals surface area contributed by atoms with Crippen molar-refractivity contribution in [3.63, 3.8) is 0 Å². The summed E-state index contributed by atoms with van der Waals surface area (Å²) < 4.78 is 25.1. The normalized spacial score (nSPS) is 11.8. The van der Waals surface area contributed by atoms with E-state index in [1.807, 2.05) is 0 Å². The van der Waals surface area contributed by atoms with Crippen molar-refractivity contribution in [2.24, 2.45) is 0 Å². The third-order valence-electron chi connectivity index (χ3n) is 7.59. The molecule has 0 heterocycles. The second-order valence-corrected chi connectivity index (χ2v) is 11.6. The standard InChI is InChI=1S/C35H72O4/c1-5-9-13-17-21-25-29-36-34(37-30-26-22-18-14-10-6-2)33-35(38-31-27-23-19-15-11-7-3)39-32-28-24-20-16-12-8-4/h34-35H,5-33H2,1-4H3. The Bertz CT molecular complexity index is 357. The first-order valence-corrected chi connectivity index (χ1v) is 17.7. The van der Waals surface area contributed by atoms with Gasteiger partial charge >= 0.3 is 0 Å². The molecule has 0 aliphatic carbocycles. The fourth-order valence-electron chi connectivity index (χ4n) is 4.91. The van der Waals surface area contributed by atoms with E-state index >= 15 is 0 Å². The van der Waals surface area contributed by atoms with E-state index in [9.17, 15) is 0 Å². The molecular formula is C35H72O4. The number of unbranched alkanes of at least 4 members (excludes halogenated alkanes) is 20. The summed E-state index contributed by atoms with van der Waals surface area (Å²) in [6.07, 6.45) is 30.8. The van der Waals surface area contributed by atoms with Crippen LogP contribution in [0.1, 0.15) is 188 Å². The summed E-state index contributed by atoms with van der Waals surface area (Å²) in [4.78, 5) is 0. The number of hydrogen-bond donors (Lipinski definition) is 0. The summed E-state index contributed by atoms with van der Waals surface area (Å²) in [5.74, 6) is 0. The Morgan fingerprint density at radius 1 is 0.282 bits per heavy atom. The highest BCUT2D eigenvalue weighted by molar-refractivity contribution is 4.56. The zero-order valence-electron chi connectivity index (χ0n) is 27.3. The van der Waals surface area contributed by atoms with Crippen molar-refractivity contribution in [2.75, 3.05) is 26.4 Å². The third-order valence-corrected chi connectivity index (χ3v) is 7.59. The molecule has 0 rings (SSSR count). The molecule has 0 saturated carbocycles. The quantitative estimate of drug-likeness (QED) is 0.0583. The lowest BCUT2D eigenvalue weighted by Crippen LogP contribution is -2.29. The maximum atomic E-state index is 6.29. The smallest absolute Gasteiger partial charge is 0.162 e. The minimum Gasteiger partial charge on any atom is -0.352 e. The van der Waals surface area contributed by atoms with Crippen LogP contribution in [0.4, 0.5) is 0 Å². The molecule has 0 amide bonds. The molecule has 39 heavy (non-hydrogen) atoms. The predicted octanol–water partition coefficient (Wildman–Crippen LogP) is 11.5. The van der Waals surface area contributed by atoms with E-state index in [1.54, 1.807) is 0 Å². The van der Waals surface area contributed by atoms with Crippen molar-refractivity contribution in [1.29, 1.82) is 0 Å². The number of hydrogen-bond acceptors (Lipinski definition) is 4. The lowest BCUT2D eigenvalue weighted by molar-refractivity contribution is -0.214. The monoisotopic (exact) mass is 557 g/mol. The van der Waals surface area contributed by atoms with Crippen molar-refractivity contribution in [3.05, 3.63) is 0 Å². The number of rotatable bonds is 34. The van der Waals surface area contributed by atoms with Crippen LogP contribution in [0.2, 0.25) is 0 Å². The third kappa shape index (κ3) is 30.6. The molecular weight excluding hydrogens is 484 g/mol. The van der Waals surface area contributed by atoms with Crippen LogP contribution in [0.15, 0.2) is 0 Å². The molecule has 0 spiro atoms. The van der Waals surface area contributed by atoms with Gasteiger partial charge in [-0.05, 0) is 25.7 Å². The summed E-state index contributed by atoms with van der Waals surface area (Å²) >= 11 is 0. The highest BCUT2D eigenvalue weighted by atomic mass is 16.7. The lowest BCUT2D eigenvalue weighted by atomic mass is 10.1. The van der Waals surface area contributed by atoms with Crippen LogP contribution >= 0.6 is 0 Å². The van der Waals surface area contributed by atoms with Crippen LogP contribution in [-0.2, 0) is 18.9 Å². The fraction of sp³-hybridized carbons (Fsp3) is 1.00. The highest BCUT2D eigenvalue weighted by Crippen LogP contribution is 2.16. The van der Waals surface area contributed by atoms with Gasteiger partial charge in [-0.2, -0.15) is 0 Å². The van der Waals surface area contributed by atoms with Crippen molar-refractivity contribution < 1.29 is 18.9 Å².